The highest BCUT2D eigenvalue weighted by Crippen LogP contribution is 2.12. The van der Waals surface area contributed by atoms with Gasteiger partial charge in [0.25, 0.3) is 0 Å². The summed E-state index contributed by atoms with van der Waals surface area (Å²) in [4.78, 5) is 0. The van der Waals surface area contributed by atoms with E-state index in [1.54, 1.807) is 7.11 Å². The molecule has 0 rings (SSSR count). The van der Waals surface area contributed by atoms with Crippen molar-refractivity contribution in [3.05, 3.63) is 12.2 Å². The molecule has 26 heavy (non-hydrogen) atoms. The number of allylic oxidation sites excluding steroid dienone is 1. The van der Waals surface area contributed by atoms with E-state index in [9.17, 15) is 5.11 Å². The van der Waals surface area contributed by atoms with E-state index in [-0.39, 0.29) is 19.3 Å². The molecule has 0 saturated heterocycles. The Hall–Kier alpha value is -0.420. The monoisotopic (exact) mass is 372 g/mol. The van der Waals surface area contributed by atoms with Gasteiger partial charge in [0.05, 0.1) is 25.9 Å². The van der Waals surface area contributed by atoms with Crippen molar-refractivity contribution in [2.24, 2.45) is 0 Å². The smallest absolute Gasteiger partial charge is 0.100 e. The summed E-state index contributed by atoms with van der Waals surface area (Å²) in [5, 5.41) is 18.0. The lowest BCUT2D eigenvalue weighted by molar-refractivity contribution is -0.0345. The third kappa shape index (κ3) is 18.4. The molecule has 0 aromatic rings. The third-order valence-electron chi connectivity index (χ3n) is 4.70. The number of methoxy groups -OCH3 is 1. The second-order valence-electron chi connectivity index (χ2n) is 7.26. The highest BCUT2D eigenvalue weighted by atomic mass is 16.5. The molecule has 4 nitrogen and oxygen atoms in total. The minimum Gasteiger partial charge on any atom is -0.394 e. The largest absolute Gasteiger partial charge is 0.394 e. The van der Waals surface area contributed by atoms with E-state index >= 15 is 0 Å². The number of aliphatic hydroxyl groups is 2. The lowest BCUT2D eigenvalue weighted by Gasteiger charge is -2.15. The molecule has 0 spiro atoms. The SMILES string of the molecule is CCCCCCCCCCCCCC=CCC(COCC(O)CO)OC. The minimum absolute atomic E-state index is 0.00877. The van der Waals surface area contributed by atoms with E-state index in [1.807, 2.05) is 0 Å². The van der Waals surface area contributed by atoms with E-state index in [1.165, 1.54) is 70.6 Å². The van der Waals surface area contributed by atoms with E-state index < -0.39 is 6.10 Å². The Balaban J connectivity index is 3.37. The number of ether oxygens (including phenoxy) is 2. The zero-order valence-corrected chi connectivity index (χ0v) is 17.3. The molecule has 4 heteroatoms. The molecule has 0 aromatic carbocycles. The lowest BCUT2D eigenvalue weighted by atomic mass is 10.1. The zero-order valence-electron chi connectivity index (χ0n) is 17.3. The van der Waals surface area contributed by atoms with Crippen LogP contribution in [-0.4, -0.2) is 49.4 Å². The Morgan fingerprint density at radius 2 is 1.38 bits per heavy atom. The van der Waals surface area contributed by atoms with Gasteiger partial charge in [0.2, 0.25) is 0 Å². The molecule has 0 amide bonds. The standard InChI is InChI=1S/C22H44O4/c1-3-4-5-6-7-8-9-10-11-12-13-14-15-16-17-22(25-2)20-26-19-21(24)18-23/h15-16,21-24H,3-14,17-20H2,1-2H3. The summed E-state index contributed by atoms with van der Waals surface area (Å²) in [6.07, 6.45) is 20.7. The Morgan fingerprint density at radius 3 is 1.92 bits per heavy atom. The van der Waals surface area contributed by atoms with Gasteiger partial charge in [-0.25, -0.2) is 0 Å². The molecule has 0 saturated carbocycles. The number of hydrogen-bond acceptors (Lipinski definition) is 4. The van der Waals surface area contributed by atoms with E-state index in [2.05, 4.69) is 19.1 Å². The fourth-order valence-corrected chi connectivity index (χ4v) is 2.91. The van der Waals surface area contributed by atoms with Crippen molar-refractivity contribution in [2.45, 2.75) is 103 Å². The van der Waals surface area contributed by atoms with Crippen LogP contribution < -0.4 is 0 Å². The van der Waals surface area contributed by atoms with Gasteiger partial charge in [0, 0.05) is 7.11 Å². The first-order chi connectivity index (χ1) is 12.7. The predicted molar refractivity (Wildman–Crippen MR) is 110 cm³/mol. The van der Waals surface area contributed by atoms with Gasteiger partial charge in [-0.15, -0.1) is 0 Å². The first kappa shape index (κ1) is 25.6. The second-order valence-corrected chi connectivity index (χ2v) is 7.26. The van der Waals surface area contributed by atoms with Crippen LogP contribution in [0.5, 0.6) is 0 Å². The first-order valence-corrected chi connectivity index (χ1v) is 10.8. The molecule has 0 aliphatic carbocycles. The Labute approximate surface area is 162 Å². The van der Waals surface area contributed by atoms with Crippen LogP contribution in [0, 0.1) is 0 Å². The normalized spacial score (nSPS) is 14.2. The Bertz CT molecular complexity index is 294. The highest BCUT2D eigenvalue weighted by Gasteiger charge is 2.07. The number of aliphatic hydroxyl groups excluding tert-OH is 2. The maximum absolute atomic E-state index is 9.22. The number of unbranched alkanes of at least 4 members (excludes halogenated alkanes) is 11. The van der Waals surface area contributed by atoms with Gasteiger partial charge in [0.1, 0.15) is 6.10 Å². The summed E-state index contributed by atoms with van der Waals surface area (Å²) in [6, 6.07) is 0. The summed E-state index contributed by atoms with van der Waals surface area (Å²) in [5.41, 5.74) is 0. The average molecular weight is 373 g/mol. The molecule has 2 unspecified atom stereocenters. The fourth-order valence-electron chi connectivity index (χ4n) is 2.91. The van der Waals surface area contributed by atoms with Crippen LogP contribution >= 0.6 is 0 Å². The summed E-state index contributed by atoms with van der Waals surface area (Å²) >= 11 is 0. The van der Waals surface area contributed by atoms with Crippen molar-refractivity contribution in [2.75, 3.05) is 26.9 Å². The number of hydrogen-bond donors (Lipinski definition) is 2. The van der Waals surface area contributed by atoms with Crippen LogP contribution in [0.1, 0.15) is 90.4 Å². The molecular formula is C22H44O4. The van der Waals surface area contributed by atoms with E-state index in [4.69, 9.17) is 14.6 Å². The van der Waals surface area contributed by atoms with Gasteiger partial charge >= 0.3 is 0 Å². The maximum Gasteiger partial charge on any atom is 0.100 e. The molecule has 2 atom stereocenters. The van der Waals surface area contributed by atoms with Gasteiger partial charge in [-0.3, -0.25) is 0 Å². The van der Waals surface area contributed by atoms with Gasteiger partial charge in [-0.1, -0.05) is 83.3 Å². The fraction of sp³-hybridized carbons (Fsp3) is 0.909. The van der Waals surface area contributed by atoms with Crippen LogP contribution in [0.3, 0.4) is 0 Å². The topological polar surface area (TPSA) is 58.9 Å². The predicted octanol–water partition coefficient (Wildman–Crippen LogP) is 5.02. The summed E-state index contributed by atoms with van der Waals surface area (Å²) in [5.74, 6) is 0. The van der Waals surface area contributed by atoms with E-state index in [0.29, 0.717) is 6.61 Å². The lowest BCUT2D eigenvalue weighted by Crippen LogP contribution is -2.24. The summed E-state index contributed by atoms with van der Waals surface area (Å²) in [7, 11) is 1.67. The van der Waals surface area contributed by atoms with Crippen molar-refractivity contribution >= 4 is 0 Å². The van der Waals surface area contributed by atoms with Gasteiger partial charge in [-0.2, -0.15) is 0 Å². The van der Waals surface area contributed by atoms with Crippen molar-refractivity contribution in [3.63, 3.8) is 0 Å². The molecule has 156 valence electrons. The van der Waals surface area contributed by atoms with Gasteiger partial charge in [0.15, 0.2) is 0 Å². The molecule has 2 N–H and O–H groups in total. The van der Waals surface area contributed by atoms with Crippen LogP contribution in [0.2, 0.25) is 0 Å². The van der Waals surface area contributed by atoms with E-state index in [0.717, 1.165) is 12.8 Å². The van der Waals surface area contributed by atoms with Crippen molar-refractivity contribution < 1.29 is 19.7 Å². The molecule has 0 aliphatic rings. The Kier molecular flexibility index (Phi) is 20.5. The van der Waals surface area contributed by atoms with Crippen LogP contribution in [0.15, 0.2) is 12.2 Å². The zero-order chi connectivity index (χ0) is 19.3. The van der Waals surface area contributed by atoms with Crippen molar-refractivity contribution in [1.82, 2.24) is 0 Å². The molecule has 0 heterocycles. The van der Waals surface area contributed by atoms with Gasteiger partial charge < -0.3 is 19.7 Å². The molecule has 0 radical (unpaired) electrons. The first-order valence-electron chi connectivity index (χ1n) is 10.8. The van der Waals surface area contributed by atoms with Gasteiger partial charge in [-0.05, 0) is 19.3 Å². The maximum atomic E-state index is 9.22. The summed E-state index contributed by atoms with van der Waals surface area (Å²) in [6.45, 7) is 2.60. The van der Waals surface area contributed by atoms with Crippen LogP contribution in [0.4, 0.5) is 0 Å². The molecule has 0 aliphatic heterocycles. The number of rotatable bonds is 20. The molecule has 0 fully saturated rings. The highest BCUT2D eigenvalue weighted by molar-refractivity contribution is 4.84. The van der Waals surface area contributed by atoms with Crippen LogP contribution in [-0.2, 0) is 9.47 Å². The average Bonchev–Trinajstić information content (AvgIpc) is 2.66. The molecule has 0 aromatic heterocycles. The van der Waals surface area contributed by atoms with Crippen molar-refractivity contribution in [1.29, 1.82) is 0 Å². The third-order valence-corrected chi connectivity index (χ3v) is 4.70. The quantitative estimate of drug-likeness (QED) is 0.233. The molecule has 0 bridgehead atoms. The second kappa shape index (κ2) is 20.9. The van der Waals surface area contributed by atoms with Crippen LogP contribution in [0.25, 0.3) is 0 Å². The van der Waals surface area contributed by atoms with Crippen molar-refractivity contribution in [3.8, 4) is 0 Å². The molecular weight excluding hydrogens is 328 g/mol. The summed E-state index contributed by atoms with van der Waals surface area (Å²) < 4.78 is 10.7. The Morgan fingerprint density at radius 1 is 0.808 bits per heavy atom. The minimum atomic E-state index is -0.802.